The molecule has 0 bridgehead atoms. The van der Waals surface area contributed by atoms with Crippen molar-refractivity contribution in [3.05, 3.63) is 0 Å². The highest BCUT2D eigenvalue weighted by atomic mass is 16.5. The van der Waals surface area contributed by atoms with Crippen molar-refractivity contribution in [2.45, 2.75) is 168 Å². The lowest BCUT2D eigenvalue weighted by Gasteiger charge is -2.17. The maximum atomic E-state index is 6.22. The second-order valence-electron chi connectivity index (χ2n) is 9.08. The van der Waals surface area contributed by atoms with E-state index in [2.05, 4.69) is 20.8 Å². The SMILES string of the molecule is CCCCCCCCCCCCCCOC(CCC)CCCCCCCCC. The van der Waals surface area contributed by atoms with Crippen molar-refractivity contribution in [1.29, 1.82) is 0 Å². The lowest BCUT2D eigenvalue weighted by Crippen LogP contribution is -2.13. The van der Waals surface area contributed by atoms with Crippen LogP contribution in [0.4, 0.5) is 0 Å². The zero-order chi connectivity index (χ0) is 20.5. The van der Waals surface area contributed by atoms with Crippen LogP contribution in [0.25, 0.3) is 0 Å². The van der Waals surface area contributed by atoms with Gasteiger partial charge in [0.15, 0.2) is 0 Å². The predicted molar refractivity (Wildman–Crippen MR) is 128 cm³/mol. The minimum absolute atomic E-state index is 0.536. The summed E-state index contributed by atoms with van der Waals surface area (Å²) in [5, 5.41) is 0. The fraction of sp³-hybridized carbons (Fsp3) is 1.00. The third-order valence-electron chi connectivity index (χ3n) is 6.09. The van der Waals surface area contributed by atoms with Crippen molar-refractivity contribution in [2.75, 3.05) is 6.61 Å². The average Bonchev–Trinajstić information content (AvgIpc) is 2.70. The molecular weight excluding hydrogens is 340 g/mol. The van der Waals surface area contributed by atoms with Crippen molar-refractivity contribution in [2.24, 2.45) is 0 Å². The van der Waals surface area contributed by atoms with Crippen LogP contribution in [0, 0.1) is 0 Å². The molecule has 0 N–H and O–H groups in total. The molecule has 0 fully saturated rings. The molecule has 0 rings (SSSR count). The van der Waals surface area contributed by atoms with E-state index < -0.39 is 0 Å². The van der Waals surface area contributed by atoms with Gasteiger partial charge in [0.25, 0.3) is 0 Å². The first-order valence-electron chi connectivity index (χ1n) is 13.5. The molecule has 0 heterocycles. The fourth-order valence-electron chi connectivity index (χ4n) is 4.16. The minimum Gasteiger partial charge on any atom is -0.378 e. The number of hydrogen-bond donors (Lipinski definition) is 0. The Morgan fingerprint density at radius 3 is 1.21 bits per heavy atom. The topological polar surface area (TPSA) is 9.23 Å². The molecule has 1 unspecified atom stereocenters. The second kappa shape index (κ2) is 25.0. The van der Waals surface area contributed by atoms with Crippen LogP contribution in [0.1, 0.15) is 162 Å². The summed E-state index contributed by atoms with van der Waals surface area (Å²) in [5.74, 6) is 0. The molecule has 0 saturated heterocycles. The summed E-state index contributed by atoms with van der Waals surface area (Å²) < 4.78 is 6.22. The van der Waals surface area contributed by atoms with E-state index in [1.807, 2.05) is 0 Å². The standard InChI is InChI=1S/C27H56O/c1-4-7-9-11-13-14-15-16-17-19-21-23-26-28-27(24-6-3)25-22-20-18-12-10-8-5-2/h27H,4-26H2,1-3H3. The number of ether oxygens (including phenoxy) is 1. The summed E-state index contributed by atoms with van der Waals surface area (Å²) >= 11 is 0. The lowest BCUT2D eigenvalue weighted by molar-refractivity contribution is 0.0370. The normalized spacial score (nSPS) is 12.5. The minimum atomic E-state index is 0.536. The highest BCUT2D eigenvalue weighted by Gasteiger charge is 2.07. The van der Waals surface area contributed by atoms with E-state index in [9.17, 15) is 0 Å². The van der Waals surface area contributed by atoms with Gasteiger partial charge in [-0.2, -0.15) is 0 Å². The molecule has 0 saturated carbocycles. The highest BCUT2D eigenvalue weighted by molar-refractivity contribution is 4.59. The van der Waals surface area contributed by atoms with Crippen molar-refractivity contribution in [3.8, 4) is 0 Å². The molecule has 0 radical (unpaired) electrons. The summed E-state index contributed by atoms with van der Waals surface area (Å²) in [6.07, 6.45) is 31.2. The van der Waals surface area contributed by atoms with Crippen LogP contribution in [0.15, 0.2) is 0 Å². The Morgan fingerprint density at radius 2 is 0.786 bits per heavy atom. The Morgan fingerprint density at radius 1 is 0.393 bits per heavy atom. The number of hydrogen-bond acceptors (Lipinski definition) is 1. The molecule has 170 valence electrons. The van der Waals surface area contributed by atoms with Crippen LogP contribution in [-0.2, 0) is 4.74 Å². The van der Waals surface area contributed by atoms with E-state index in [1.54, 1.807) is 0 Å². The molecule has 0 aliphatic carbocycles. The van der Waals surface area contributed by atoms with Gasteiger partial charge in [0.05, 0.1) is 6.10 Å². The second-order valence-corrected chi connectivity index (χ2v) is 9.08. The Kier molecular flexibility index (Phi) is 25.0. The Hall–Kier alpha value is -0.0400. The van der Waals surface area contributed by atoms with Gasteiger partial charge in [-0.05, 0) is 19.3 Å². The van der Waals surface area contributed by atoms with Gasteiger partial charge in [0, 0.05) is 6.61 Å². The van der Waals surface area contributed by atoms with Crippen LogP contribution >= 0.6 is 0 Å². The molecule has 1 atom stereocenters. The lowest BCUT2D eigenvalue weighted by atomic mass is 10.0. The zero-order valence-corrected chi connectivity index (χ0v) is 20.2. The van der Waals surface area contributed by atoms with Crippen LogP contribution < -0.4 is 0 Å². The van der Waals surface area contributed by atoms with Gasteiger partial charge in [0.1, 0.15) is 0 Å². The zero-order valence-electron chi connectivity index (χ0n) is 20.2. The Labute approximate surface area is 179 Å². The van der Waals surface area contributed by atoms with Crippen LogP contribution in [0.5, 0.6) is 0 Å². The number of unbranched alkanes of at least 4 members (excludes halogenated alkanes) is 17. The smallest absolute Gasteiger partial charge is 0.0575 e. The summed E-state index contributed by atoms with van der Waals surface area (Å²) in [4.78, 5) is 0. The third-order valence-corrected chi connectivity index (χ3v) is 6.09. The summed E-state index contributed by atoms with van der Waals surface area (Å²) in [6, 6.07) is 0. The van der Waals surface area contributed by atoms with Crippen molar-refractivity contribution >= 4 is 0 Å². The van der Waals surface area contributed by atoms with Crippen LogP contribution in [-0.4, -0.2) is 12.7 Å². The molecule has 1 heteroatoms. The van der Waals surface area contributed by atoms with Crippen molar-refractivity contribution in [1.82, 2.24) is 0 Å². The molecular formula is C27H56O. The van der Waals surface area contributed by atoms with E-state index in [-0.39, 0.29) is 0 Å². The monoisotopic (exact) mass is 396 g/mol. The van der Waals surface area contributed by atoms with Gasteiger partial charge in [-0.3, -0.25) is 0 Å². The van der Waals surface area contributed by atoms with Crippen molar-refractivity contribution in [3.63, 3.8) is 0 Å². The maximum absolute atomic E-state index is 6.22. The molecule has 0 amide bonds. The fourth-order valence-corrected chi connectivity index (χ4v) is 4.16. The Bertz CT molecular complexity index is 263. The maximum Gasteiger partial charge on any atom is 0.0575 e. The van der Waals surface area contributed by atoms with Gasteiger partial charge < -0.3 is 4.74 Å². The third kappa shape index (κ3) is 22.3. The largest absolute Gasteiger partial charge is 0.378 e. The van der Waals surface area contributed by atoms with E-state index in [4.69, 9.17) is 4.74 Å². The van der Waals surface area contributed by atoms with Gasteiger partial charge in [-0.25, -0.2) is 0 Å². The molecule has 28 heavy (non-hydrogen) atoms. The van der Waals surface area contributed by atoms with Gasteiger partial charge in [0.2, 0.25) is 0 Å². The highest BCUT2D eigenvalue weighted by Crippen LogP contribution is 2.16. The molecule has 1 nitrogen and oxygen atoms in total. The first-order chi connectivity index (χ1) is 13.8. The summed E-state index contributed by atoms with van der Waals surface area (Å²) in [5.41, 5.74) is 0. The predicted octanol–water partition coefficient (Wildman–Crippen LogP) is 10.0. The number of rotatable bonds is 24. The van der Waals surface area contributed by atoms with E-state index in [0.29, 0.717) is 6.10 Å². The van der Waals surface area contributed by atoms with Gasteiger partial charge in [-0.15, -0.1) is 0 Å². The molecule has 0 spiro atoms. The van der Waals surface area contributed by atoms with E-state index >= 15 is 0 Å². The van der Waals surface area contributed by atoms with Crippen LogP contribution in [0.3, 0.4) is 0 Å². The average molecular weight is 397 g/mol. The first-order valence-corrected chi connectivity index (χ1v) is 13.5. The van der Waals surface area contributed by atoms with E-state index in [0.717, 1.165) is 6.61 Å². The molecule has 0 aliphatic heterocycles. The van der Waals surface area contributed by atoms with Gasteiger partial charge in [-0.1, -0.05) is 143 Å². The molecule has 0 aromatic rings. The Balaban J connectivity index is 3.37. The molecule has 0 aliphatic rings. The molecule has 0 aromatic heterocycles. The van der Waals surface area contributed by atoms with Crippen LogP contribution in [0.2, 0.25) is 0 Å². The first kappa shape index (κ1) is 28.0. The van der Waals surface area contributed by atoms with Crippen molar-refractivity contribution < 1.29 is 4.74 Å². The van der Waals surface area contributed by atoms with Gasteiger partial charge >= 0.3 is 0 Å². The quantitative estimate of drug-likeness (QED) is 0.147. The summed E-state index contributed by atoms with van der Waals surface area (Å²) in [7, 11) is 0. The summed E-state index contributed by atoms with van der Waals surface area (Å²) in [6.45, 7) is 7.89. The molecule has 0 aromatic carbocycles. The van der Waals surface area contributed by atoms with E-state index in [1.165, 1.54) is 141 Å².